The van der Waals surface area contributed by atoms with Crippen LogP contribution in [0.25, 0.3) is 0 Å². The van der Waals surface area contributed by atoms with Crippen molar-refractivity contribution in [2.75, 3.05) is 0 Å². The molecule has 0 atom stereocenters. The first-order valence-corrected chi connectivity index (χ1v) is 4.77. The van der Waals surface area contributed by atoms with E-state index in [1.54, 1.807) is 11.5 Å². The highest BCUT2D eigenvalue weighted by atomic mass is 32.1. The fourth-order valence-electron chi connectivity index (χ4n) is 1.03. The third-order valence-corrected chi connectivity index (χ3v) is 2.70. The van der Waals surface area contributed by atoms with Gasteiger partial charge in [0.25, 0.3) is 0 Å². The minimum atomic E-state index is 0.803. The lowest BCUT2D eigenvalue weighted by molar-refractivity contribution is 0.695. The molecule has 0 aliphatic heterocycles. The topological polar surface area (TPSA) is 24.9 Å². The lowest BCUT2D eigenvalue weighted by Gasteiger charge is -1.96. The van der Waals surface area contributed by atoms with Gasteiger partial charge in [0.15, 0.2) is 0 Å². The van der Waals surface area contributed by atoms with Gasteiger partial charge in [0.1, 0.15) is 0 Å². The summed E-state index contributed by atoms with van der Waals surface area (Å²) in [4.78, 5) is 1.36. The molecule has 1 fully saturated rings. The Labute approximate surface area is 70.8 Å². The second-order valence-electron chi connectivity index (χ2n) is 3.09. The monoisotopic (exact) mass is 168 g/mol. The van der Waals surface area contributed by atoms with E-state index in [1.807, 2.05) is 6.92 Å². The first-order chi connectivity index (χ1) is 5.34. The Balaban J connectivity index is 1.85. The van der Waals surface area contributed by atoms with E-state index in [1.165, 1.54) is 17.7 Å². The molecule has 1 aromatic heterocycles. The molecule has 0 unspecified atom stereocenters. The number of nitrogens with one attached hydrogen (secondary N) is 1. The fraction of sp³-hybridized carbons (Fsp3) is 0.625. The zero-order chi connectivity index (χ0) is 7.68. The van der Waals surface area contributed by atoms with Gasteiger partial charge in [0.2, 0.25) is 0 Å². The Kier molecular flexibility index (Phi) is 1.92. The Morgan fingerprint density at radius 3 is 3.09 bits per heavy atom. The highest BCUT2D eigenvalue weighted by molar-refractivity contribution is 7.05. The molecule has 3 heteroatoms. The zero-order valence-electron chi connectivity index (χ0n) is 6.63. The van der Waals surface area contributed by atoms with Crippen LogP contribution in [-0.2, 0) is 6.54 Å². The van der Waals surface area contributed by atoms with E-state index in [9.17, 15) is 0 Å². The molecule has 0 amide bonds. The van der Waals surface area contributed by atoms with Crippen molar-refractivity contribution >= 4 is 11.5 Å². The maximum absolute atomic E-state index is 4.22. The second-order valence-corrected chi connectivity index (χ2v) is 3.98. The van der Waals surface area contributed by atoms with Gasteiger partial charge in [0.05, 0.1) is 5.69 Å². The van der Waals surface area contributed by atoms with E-state index in [0.29, 0.717) is 0 Å². The Bertz CT molecular complexity index is 240. The maximum atomic E-state index is 4.22. The normalized spacial score (nSPS) is 17.2. The van der Waals surface area contributed by atoms with Crippen molar-refractivity contribution in [3.63, 3.8) is 0 Å². The van der Waals surface area contributed by atoms with Crippen molar-refractivity contribution in [2.24, 2.45) is 0 Å². The lowest BCUT2D eigenvalue weighted by Crippen LogP contribution is -2.14. The molecule has 1 saturated carbocycles. The van der Waals surface area contributed by atoms with Gasteiger partial charge < -0.3 is 5.32 Å². The molecule has 2 rings (SSSR count). The summed E-state index contributed by atoms with van der Waals surface area (Å²) in [5.41, 5.74) is 1.14. The molecule has 60 valence electrons. The van der Waals surface area contributed by atoms with Crippen LogP contribution in [0.1, 0.15) is 23.4 Å². The standard InChI is InChI=1S/C8H12N2S/c1-6-4-8(11-10-6)5-9-7-2-3-7/h4,7,9H,2-3,5H2,1H3. The summed E-state index contributed by atoms with van der Waals surface area (Å²) < 4.78 is 4.22. The SMILES string of the molecule is Cc1cc(CNC2CC2)sn1. The summed E-state index contributed by atoms with van der Waals surface area (Å²) in [7, 11) is 0. The average Bonchev–Trinajstić information content (AvgIpc) is 2.72. The van der Waals surface area contributed by atoms with Gasteiger partial charge in [-0.2, -0.15) is 4.37 Å². The van der Waals surface area contributed by atoms with Gasteiger partial charge in [-0.25, -0.2) is 0 Å². The molecular formula is C8H12N2S. The first kappa shape index (κ1) is 7.25. The first-order valence-electron chi connectivity index (χ1n) is 4.00. The van der Waals surface area contributed by atoms with Crippen LogP contribution in [0.5, 0.6) is 0 Å². The summed E-state index contributed by atoms with van der Waals surface area (Å²) >= 11 is 1.61. The molecule has 1 heterocycles. The van der Waals surface area contributed by atoms with Crippen LogP contribution in [0.15, 0.2) is 6.07 Å². The third-order valence-electron chi connectivity index (χ3n) is 1.82. The molecule has 1 aliphatic rings. The fourth-order valence-corrected chi connectivity index (χ4v) is 1.72. The number of nitrogens with zero attached hydrogens (tertiary/aromatic N) is 1. The Morgan fingerprint density at radius 2 is 2.55 bits per heavy atom. The van der Waals surface area contributed by atoms with Crippen molar-refractivity contribution in [2.45, 2.75) is 32.4 Å². The summed E-state index contributed by atoms with van der Waals surface area (Å²) in [6.45, 7) is 3.05. The summed E-state index contributed by atoms with van der Waals surface area (Å²) in [6.07, 6.45) is 2.72. The Hall–Kier alpha value is -0.410. The van der Waals surface area contributed by atoms with Gasteiger partial charge in [-0.15, -0.1) is 0 Å². The lowest BCUT2D eigenvalue weighted by atomic mass is 10.4. The quantitative estimate of drug-likeness (QED) is 0.743. The van der Waals surface area contributed by atoms with E-state index in [-0.39, 0.29) is 0 Å². The molecule has 0 aromatic carbocycles. The van der Waals surface area contributed by atoms with Crippen molar-refractivity contribution in [3.05, 3.63) is 16.6 Å². The predicted molar refractivity (Wildman–Crippen MR) is 46.7 cm³/mol. The number of aryl methyl sites for hydroxylation is 1. The van der Waals surface area contributed by atoms with Gasteiger partial charge >= 0.3 is 0 Å². The van der Waals surface area contributed by atoms with Crippen LogP contribution in [0.4, 0.5) is 0 Å². The highest BCUT2D eigenvalue weighted by Crippen LogP contribution is 2.20. The van der Waals surface area contributed by atoms with Crippen LogP contribution >= 0.6 is 11.5 Å². The van der Waals surface area contributed by atoms with Gasteiger partial charge in [0, 0.05) is 17.5 Å². The van der Waals surface area contributed by atoms with Gasteiger partial charge in [-0.3, -0.25) is 0 Å². The summed E-state index contributed by atoms with van der Waals surface area (Å²) in [5, 5.41) is 3.46. The molecule has 11 heavy (non-hydrogen) atoms. The zero-order valence-corrected chi connectivity index (χ0v) is 7.45. The third kappa shape index (κ3) is 2.01. The van der Waals surface area contributed by atoms with Crippen molar-refractivity contribution < 1.29 is 0 Å². The van der Waals surface area contributed by atoms with Crippen molar-refractivity contribution in [1.29, 1.82) is 0 Å². The van der Waals surface area contributed by atoms with Crippen molar-refractivity contribution in [1.82, 2.24) is 9.69 Å². The summed E-state index contributed by atoms with van der Waals surface area (Å²) in [6, 6.07) is 2.96. The second kappa shape index (κ2) is 2.91. The Morgan fingerprint density at radius 1 is 1.73 bits per heavy atom. The van der Waals surface area contributed by atoms with E-state index in [4.69, 9.17) is 0 Å². The molecule has 0 saturated heterocycles. The molecule has 0 bridgehead atoms. The van der Waals surface area contributed by atoms with E-state index >= 15 is 0 Å². The minimum absolute atomic E-state index is 0.803. The molecule has 0 radical (unpaired) electrons. The summed E-state index contributed by atoms with van der Waals surface area (Å²) in [5.74, 6) is 0. The average molecular weight is 168 g/mol. The van der Waals surface area contributed by atoms with Crippen LogP contribution in [0, 0.1) is 6.92 Å². The molecule has 1 N–H and O–H groups in total. The van der Waals surface area contributed by atoms with E-state index in [0.717, 1.165) is 18.3 Å². The van der Waals surface area contributed by atoms with Crippen LogP contribution < -0.4 is 5.32 Å². The van der Waals surface area contributed by atoms with E-state index in [2.05, 4.69) is 15.8 Å². The van der Waals surface area contributed by atoms with Crippen LogP contribution in [0.3, 0.4) is 0 Å². The maximum Gasteiger partial charge on any atom is 0.0514 e. The van der Waals surface area contributed by atoms with Crippen LogP contribution in [-0.4, -0.2) is 10.4 Å². The highest BCUT2D eigenvalue weighted by Gasteiger charge is 2.20. The van der Waals surface area contributed by atoms with Crippen LogP contribution in [0.2, 0.25) is 0 Å². The number of hydrogen-bond donors (Lipinski definition) is 1. The number of rotatable bonds is 3. The molecular weight excluding hydrogens is 156 g/mol. The smallest absolute Gasteiger partial charge is 0.0514 e. The minimum Gasteiger partial charge on any atom is -0.309 e. The molecule has 2 nitrogen and oxygen atoms in total. The largest absolute Gasteiger partial charge is 0.309 e. The van der Waals surface area contributed by atoms with Crippen molar-refractivity contribution in [3.8, 4) is 0 Å². The van der Waals surface area contributed by atoms with E-state index < -0.39 is 0 Å². The number of aromatic nitrogens is 1. The van der Waals surface area contributed by atoms with Gasteiger partial charge in [-0.1, -0.05) is 0 Å². The van der Waals surface area contributed by atoms with Gasteiger partial charge in [-0.05, 0) is 37.4 Å². The molecule has 0 spiro atoms. The predicted octanol–water partition coefficient (Wildman–Crippen LogP) is 1.70. The molecule has 1 aromatic rings. The number of hydrogen-bond acceptors (Lipinski definition) is 3. The molecule has 1 aliphatic carbocycles.